The summed E-state index contributed by atoms with van der Waals surface area (Å²) in [6.07, 6.45) is 7.46. The van der Waals surface area contributed by atoms with Crippen molar-refractivity contribution in [2.45, 2.75) is 25.8 Å². The van der Waals surface area contributed by atoms with Gasteiger partial charge in [0.05, 0.1) is 11.7 Å². The zero-order valence-corrected chi connectivity index (χ0v) is 15.3. The summed E-state index contributed by atoms with van der Waals surface area (Å²) in [6.45, 7) is 5.10. The van der Waals surface area contributed by atoms with E-state index in [0.717, 1.165) is 24.7 Å². The minimum atomic E-state index is -0.0815. The van der Waals surface area contributed by atoms with Gasteiger partial charge in [-0.2, -0.15) is 0 Å². The Balaban J connectivity index is 1.62. The van der Waals surface area contributed by atoms with Gasteiger partial charge in [0.1, 0.15) is 0 Å². The van der Waals surface area contributed by atoms with Crippen LogP contribution >= 0.6 is 0 Å². The maximum atomic E-state index is 12.2. The molecule has 1 amide bonds. The number of nitrogens with zero attached hydrogens (tertiary/aromatic N) is 2. The molecule has 1 fully saturated rings. The van der Waals surface area contributed by atoms with Gasteiger partial charge in [-0.25, -0.2) is 0 Å². The molecule has 0 spiro atoms. The van der Waals surface area contributed by atoms with Gasteiger partial charge in [0.2, 0.25) is 5.91 Å². The first kappa shape index (κ1) is 18.3. The fourth-order valence-electron chi connectivity index (χ4n) is 3.37. The van der Waals surface area contributed by atoms with Crippen LogP contribution in [0.2, 0.25) is 0 Å². The van der Waals surface area contributed by atoms with Crippen LogP contribution in [0.25, 0.3) is 6.08 Å². The third-order valence-electron chi connectivity index (χ3n) is 5.01. The molecule has 4 nitrogen and oxygen atoms in total. The van der Waals surface area contributed by atoms with Gasteiger partial charge >= 0.3 is 0 Å². The summed E-state index contributed by atoms with van der Waals surface area (Å²) in [6, 6.07) is 16.3. The topological polar surface area (TPSA) is 45.2 Å². The standard InChI is InChI=1S/C22H27N3O/c1-18-12-15-25(16-13-18)21(19-7-3-2-4-8-19)17-24-22(26)11-10-20-9-5-6-14-23-20/h2-11,14,18,21H,12-13,15-17H2,1H3,(H,24,26)/b11-10+. The van der Waals surface area contributed by atoms with Gasteiger partial charge in [0.25, 0.3) is 0 Å². The number of carbonyl (C=O) groups is 1. The minimum Gasteiger partial charge on any atom is -0.351 e. The number of aromatic nitrogens is 1. The highest BCUT2D eigenvalue weighted by atomic mass is 16.1. The van der Waals surface area contributed by atoms with E-state index in [9.17, 15) is 4.79 Å². The largest absolute Gasteiger partial charge is 0.351 e. The molecule has 1 aliphatic heterocycles. The maximum absolute atomic E-state index is 12.2. The van der Waals surface area contributed by atoms with Crippen LogP contribution in [0.4, 0.5) is 0 Å². The molecule has 0 bridgehead atoms. The highest BCUT2D eigenvalue weighted by Gasteiger charge is 2.24. The zero-order valence-electron chi connectivity index (χ0n) is 15.3. The predicted octanol–water partition coefficient (Wildman–Crippen LogP) is 3.68. The van der Waals surface area contributed by atoms with E-state index >= 15 is 0 Å². The summed E-state index contributed by atoms with van der Waals surface area (Å²) in [5.41, 5.74) is 2.04. The second kappa shape index (κ2) is 9.30. The predicted molar refractivity (Wildman–Crippen MR) is 105 cm³/mol. The van der Waals surface area contributed by atoms with Crippen LogP contribution < -0.4 is 5.32 Å². The first-order valence-corrected chi connectivity index (χ1v) is 9.38. The Labute approximate surface area is 155 Å². The van der Waals surface area contributed by atoms with Crippen LogP contribution in [-0.4, -0.2) is 35.4 Å². The summed E-state index contributed by atoms with van der Waals surface area (Å²) in [4.78, 5) is 18.9. The molecule has 1 saturated heterocycles. The molecular formula is C22H27N3O. The number of nitrogens with one attached hydrogen (secondary N) is 1. The average Bonchev–Trinajstić information content (AvgIpc) is 2.69. The molecule has 0 aliphatic carbocycles. The Morgan fingerprint density at radius 3 is 2.62 bits per heavy atom. The second-order valence-corrected chi connectivity index (χ2v) is 6.98. The number of likely N-dealkylation sites (tertiary alicyclic amines) is 1. The molecule has 2 heterocycles. The molecule has 1 N–H and O–H groups in total. The molecular weight excluding hydrogens is 322 g/mol. The van der Waals surface area contributed by atoms with E-state index < -0.39 is 0 Å². The molecule has 1 atom stereocenters. The molecule has 4 heteroatoms. The molecule has 136 valence electrons. The van der Waals surface area contributed by atoms with Crippen molar-refractivity contribution >= 4 is 12.0 Å². The van der Waals surface area contributed by atoms with Crippen molar-refractivity contribution in [2.75, 3.05) is 19.6 Å². The SMILES string of the molecule is CC1CCN(C(CNC(=O)/C=C/c2ccccn2)c2ccccc2)CC1. The van der Waals surface area contributed by atoms with E-state index in [4.69, 9.17) is 0 Å². The van der Waals surface area contributed by atoms with E-state index in [0.29, 0.717) is 6.54 Å². The molecule has 0 saturated carbocycles. The molecule has 2 aromatic rings. The Bertz CT molecular complexity index is 707. The van der Waals surface area contributed by atoms with Crippen LogP contribution in [0.3, 0.4) is 0 Å². The van der Waals surface area contributed by atoms with Gasteiger partial charge < -0.3 is 5.32 Å². The van der Waals surface area contributed by atoms with Crippen LogP contribution in [-0.2, 0) is 4.79 Å². The van der Waals surface area contributed by atoms with E-state index in [-0.39, 0.29) is 11.9 Å². The van der Waals surface area contributed by atoms with Gasteiger partial charge in [-0.3, -0.25) is 14.7 Å². The van der Waals surface area contributed by atoms with Crippen molar-refractivity contribution in [3.63, 3.8) is 0 Å². The van der Waals surface area contributed by atoms with Crippen LogP contribution in [0.1, 0.15) is 37.1 Å². The van der Waals surface area contributed by atoms with Crippen LogP contribution in [0.15, 0.2) is 60.8 Å². The Hall–Kier alpha value is -2.46. The fourth-order valence-corrected chi connectivity index (χ4v) is 3.37. The summed E-state index contributed by atoms with van der Waals surface area (Å²) in [5, 5.41) is 3.06. The van der Waals surface area contributed by atoms with Gasteiger partial charge in [-0.15, -0.1) is 0 Å². The lowest BCUT2D eigenvalue weighted by Crippen LogP contribution is -2.41. The fraction of sp³-hybridized carbons (Fsp3) is 0.364. The lowest BCUT2D eigenvalue weighted by Gasteiger charge is -2.37. The number of piperidine rings is 1. The molecule has 1 unspecified atom stereocenters. The molecule has 1 aromatic heterocycles. The monoisotopic (exact) mass is 349 g/mol. The minimum absolute atomic E-state index is 0.0815. The first-order valence-electron chi connectivity index (χ1n) is 9.38. The van der Waals surface area contributed by atoms with Gasteiger partial charge in [-0.1, -0.05) is 43.3 Å². The highest BCUT2D eigenvalue weighted by Crippen LogP contribution is 2.26. The van der Waals surface area contributed by atoms with Crippen LogP contribution in [0, 0.1) is 5.92 Å². The molecule has 3 rings (SSSR count). The number of hydrogen-bond acceptors (Lipinski definition) is 3. The number of hydrogen-bond donors (Lipinski definition) is 1. The Morgan fingerprint density at radius 1 is 1.19 bits per heavy atom. The third-order valence-corrected chi connectivity index (χ3v) is 5.01. The Kier molecular flexibility index (Phi) is 6.56. The van der Waals surface area contributed by atoms with Gasteiger partial charge in [0.15, 0.2) is 0 Å². The van der Waals surface area contributed by atoms with Crippen molar-refractivity contribution in [1.82, 2.24) is 15.2 Å². The molecule has 1 aromatic carbocycles. The highest BCUT2D eigenvalue weighted by molar-refractivity contribution is 5.91. The van der Waals surface area contributed by atoms with Crippen molar-refractivity contribution in [2.24, 2.45) is 5.92 Å². The average molecular weight is 349 g/mol. The normalized spacial score (nSPS) is 17.3. The Morgan fingerprint density at radius 2 is 1.92 bits per heavy atom. The molecule has 26 heavy (non-hydrogen) atoms. The summed E-state index contributed by atoms with van der Waals surface area (Å²) in [7, 11) is 0. The molecule has 1 aliphatic rings. The number of pyridine rings is 1. The van der Waals surface area contributed by atoms with E-state index in [2.05, 4.69) is 46.4 Å². The van der Waals surface area contributed by atoms with Crippen molar-refractivity contribution < 1.29 is 4.79 Å². The number of carbonyl (C=O) groups excluding carboxylic acids is 1. The van der Waals surface area contributed by atoms with Crippen molar-refractivity contribution in [1.29, 1.82) is 0 Å². The van der Waals surface area contributed by atoms with Crippen molar-refractivity contribution in [3.8, 4) is 0 Å². The van der Waals surface area contributed by atoms with E-state index in [1.54, 1.807) is 18.3 Å². The summed E-state index contributed by atoms with van der Waals surface area (Å²) in [5.74, 6) is 0.709. The van der Waals surface area contributed by atoms with E-state index in [1.165, 1.54) is 18.4 Å². The smallest absolute Gasteiger partial charge is 0.244 e. The quantitative estimate of drug-likeness (QED) is 0.809. The number of benzene rings is 1. The van der Waals surface area contributed by atoms with Gasteiger partial charge in [0, 0.05) is 18.8 Å². The molecule has 0 radical (unpaired) electrons. The summed E-state index contributed by atoms with van der Waals surface area (Å²) < 4.78 is 0. The van der Waals surface area contributed by atoms with E-state index in [1.807, 2.05) is 24.3 Å². The first-order chi connectivity index (χ1) is 12.7. The number of amides is 1. The zero-order chi connectivity index (χ0) is 18.2. The summed E-state index contributed by atoms with van der Waals surface area (Å²) >= 11 is 0. The second-order valence-electron chi connectivity index (χ2n) is 6.98. The van der Waals surface area contributed by atoms with Gasteiger partial charge in [-0.05, 0) is 55.6 Å². The lowest BCUT2D eigenvalue weighted by molar-refractivity contribution is -0.116. The van der Waals surface area contributed by atoms with Crippen LogP contribution in [0.5, 0.6) is 0 Å². The third kappa shape index (κ3) is 5.27. The van der Waals surface area contributed by atoms with Crippen molar-refractivity contribution in [3.05, 3.63) is 72.1 Å². The lowest BCUT2D eigenvalue weighted by atomic mass is 9.95. The maximum Gasteiger partial charge on any atom is 0.244 e. The number of rotatable bonds is 6.